The van der Waals surface area contributed by atoms with Crippen molar-refractivity contribution in [3.05, 3.63) is 59.2 Å². The number of aryl methyl sites for hydroxylation is 2. The first-order valence-electron chi connectivity index (χ1n) is 7.78. The summed E-state index contributed by atoms with van der Waals surface area (Å²) in [5.41, 5.74) is 3.74. The van der Waals surface area contributed by atoms with E-state index in [1.165, 1.54) is 0 Å². The topological polar surface area (TPSA) is 38.3 Å². The van der Waals surface area contributed by atoms with Gasteiger partial charge in [-0.05, 0) is 49.1 Å². The fourth-order valence-electron chi connectivity index (χ4n) is 2.33. The van der Waals surface area contributed by atoms with Crippen LogP contribution in [0.25, 0.3) is 0 Å². The minimum atomic E-state index is -0.106. The quantitative estimate of drug-likeness (QED) is 0.846. The molecule has 0 radical (unpaired) electrons. The molecule has 0 bridgehead atoms. The largest absolute Gasteiger partial charge is 0.494 e. The second-order valence-corrected chi connectivity index (χ2v) is 5.29. The van der Waals surface area contributed by atoms with Crippen LogP contribution in [0.3, 0.4) is 0 Å². The zero-order chi connectivity index (χ0) is 15.9. The van der Waals surface area contributed by atoms with Crippen molar-refractivity contribution in [3.8, 4) is 5.75 Å². The maximum Gasteiger partial charge on any atom is 0.255 e. The molecule has 0 fully saturated rings. The Balaban J connectivity index is 2.19. The Hall–Kier alpha value is -2.29. The van der Waals surface area contributed by atoms with E-state index in [9.17, 15) is 4.79 Å². The molecule has 0 spiro atoms. The van der Waals surface area contributed by atoms with Crippen LogP contribution in [-0.2, 0) is 6.42 Å². The molecule has 3 nitrogen and oxygen atoms in total. The van der Waals surface area contributed by atoms with Crippen LogP contribution in [-0.4, -0.2) is 12.5 Å². The van der Waals surface area contributed by atoms with Gasteiger partial charge in [0.1, 0.15) is 5.75 Å². The van der Waals surface area contributed by atoms with Gasteiger partial charge in [0.25, 0.3) is 5.91 Å². The van der Waals surface area contributed by atoms with E-state index >= 15 is 0 Å². The van der Waals surface area contributed by atoms with E-state index in [0.29, 0.717) is 12.2 Å². The normalized spacial score (nSPS) is 10.3. The highest BCUT2D eigenvalue weighted by Gasteiger charge is 2.11. The smallest absolute Gasteiger partial charge is 0.255 e. The van der Waals surface area contributed by atoms with Crippen molar-refractivity contribution in [1.82, 2.24) is 0 Å². The highest BCUT2D eigenvalue weighted by molar-refractivity contribution is 6.05. The third kappa shape index (κ3) is 3.88. The summed E-state index contributed by atoms with van der Waals surface area (Å²) in [5.74, 6) is 0.626. The molecule has 0 aliphatic carbocycles. The lowest BCUT2D eigenvalue weighted by molar-refractivity contribution is 0.102. The molecule has 2 aromatic carbocycles. The van der Waals surface area contributed by atoms with Crippen molar-refractivity contribution < 1.29 is 9.53 Å². The Bertz CT molecular complexity index is 650. The third-order valence-corrected chi connectivity index (χ3v) is 3.55. The summed E-state index contributed by atoms with van der Waals surface area (Å²) in [4.78, 5) is 12.5. The molecule has 0 aromatic heterocycles. The molecule has 0 saturated carbocycles. The van der Waals surface area contributed by atoms with Gasteiger partial charge in [-0.3, -0.25) is 4.79 Å². The predicted octanol–water partition coefficient (Wildman–Crippen LogP) is 4.60. The highest BCUT2D eigenvalue weighted by atomic mass is 16.5. The molecule has 2 aromatic rings. The van der Waals surface area contributed by atoms with Crippen LogP contribution >= 0.6 is 0 Å². The number of nitrogens with one attached hydrogen (secondary N) is 1. The average Bonchev–Trinajstić information content (AvgIpc) is 2.55. The Morgan fingerprint density at radius 3 is 2.64 bits per heavy atom. The molecular weight excluding hydrogens is 274 g/mol. The lowest BCUT2D eigenvalue weighted by Crippen LogP contribution is -2.14. The Morgan fingerprint density at radius 2 is 1.91 bits per heavy atom. The van der Waals surface area contributed by atoms with Crippen molar-refractivity contribution in [2.45, 2.75) is 33.6 Å². The number of carbonyl (C=O) groups is 1. The van der Waals surface area contributed by atoms with Gasteiger partial charge in [0.05, 0.1) is 6.61 Å². The first-order chi connectivity index (χ1) is 10.7. The van der Waals surface area contributed by atoms with Crippen molar-refractivity contribution in [2.24, 2.45) is 0 Å². The molecule has 0 atom stereocenters. The standard InChI is InChI=1S/C19H23NO2/c1-4-12-22-17-11-7-10-16(13-17)19(21)20-18-14(3)8-6-9-15(18)5-2/h6-11,13H,4-5,12H2,1-3H3,(H,20,21). The van der Waals surface area contributed by atoms with Gasteiger partial charge in [-0.15, -0.1) is 0 Å². The molecule has 2 rings (SSSR count). The number of para-hydroxylation sites is 1. The summed E-state index contributed by atoms with van der Waals surface area (Å²) >= 11 is 0. The number of anilines is 1. The van der Waals surface area contributed by atoms with E-state index in [1.54, 1.807) is 12.1 Å². The van der Waals surface area contributed by atoms with E-state index in [2.05, 4.69) is 19.2 Å². The number of rotatable bonds is 6. The molecule has 0 aliphatic rings. The van der Waals surface area contributed by atoms with Gasteiger partial charge in [0, 0.05) is 11.3 Å². The molecule has 0 saturated heterocycles. The second kappa shape index (κ2) is 7.64. The van der Waals surface area contributed by atoms with Gasteiger partial charge in [0.2, 0.25) is 0 Å². The Morgan fingerprint density at radius 1 is 1.14 bits per heavy atom. The number of amides is 1. The monoisotopic (exact) mass is 297 g/mol. The van der Waals surface area contributed by atoms with Crippen LogP contribution in [0.5, 0.6) is 5.75 Å². The zero-order valence-corrected chi connectivity index (χ0v) is 13.5. The number of benzene rings is 2. The van der Waals surface area contributed by atoms with Crippen LogP contribution in [0.4, 0.5) is 5.69 Å². The summed E-state index contributed by atoms with van der Waals surface area (Å²) in [6.45, 7) is 6.81. The van der Waals surface area contributed by atoms with E-state index in [4.69, 9.17) is 4.74 Å². The van der Waals surface area contributed by atoms with Crippen molar-refractivity contribution in [1.29, 1.82) is 0 Å². The molecule has 22 heavy (non-hydrogen) atoms. The van der Waals surface area contributed by atoms with Gasteiger partial charge in [0.15, 0.2) is 0 Å². The second-order valence-electron chi connectivity index (χ2n) is 5.29. The lowest BCUT2D eigenvalue weighted by Gasteiger charge is -2.13. The third-order valence-electron chi connectivity index (χ3n) is 3.55. The minimum absolute atomic E-state index is 0.106. The molecule has 1 N–H and O–H groups in total. The summed E-state index contributed by atoms with van der Waals surface area (Å²) < 4.78 is 5.58. The average molecular weight is 297 g/mol. The fraction of sp³-hybridized carbons (Fsp3) is 0.316. The van der Waals surface area contributed by atoms with E-state index in [1.807, 2.05) is 37.3 Å². The summed E-state index contributed by atoms with van der Waals surface area (Å²) in [5, 5.41) is 3.03. The molecular formula is C19H23NO2. The molecule has 0 unspecified atom stereocenters. The van der Waals surface area contributed by atoms with Crippen molar-refractivity contribution in [3.63, 3.8) is 0 Å². The summed E-state index contributed by atoms with van der Waals surface area (Å²) in [6, 6.07) is 13.4. The van der Waals surface area contributed by atoms with Crippen molar-refractivity contribution >= 4 is 11.6 Å². The van der Waals surface area contributed by atoms with E-state index in [0.717, 1.165) is 35.4 Å². The molecule has 0 heterocycles. The first kappa shape index (κ1) is 16.1. The van der Waals surface area contributed by atoms with Crippen LogP contribution in [0.1, 0.15) is 41.8 Å². The number of ether oxygens (including phenoxy) is 1. The van der Waals surface area contributed by atoms with Crippen LogP contribution in [0.2, 0.25) is 0 Å². The maximum absolute atomic E-state index is 12.5. The molecule has 1 amide bonds. The van der Waals surface area contributed by atoms with Gasteiger partial charge < -0.3 is 10.1 Å². The SMILES string of the molecule is CCCOc1cccc(C(=O)Nc2c(C)cccc2CC)c1. The van der Waals surface area contributed by atoms with Gasteiger partial charge >= 0.3 is 0 Å². The molecule has 3 heteroatoms. The van der Waals surface area contributed by atoms with Gasteiger partial charge in [-0.1, -0.05) is 38.1 Å². The fourth-order valence-corrected chi connectivity index (χ4v) is 2.33. The van der Waals surface area contributed by atoms with Gasteiger partial charge in [-0.2, -0.15) is 0 Å². The lowest BCUT2D eigenvalue weighted by atomic mass is 10.1. The van der Waals surface area contributed by atoms with E-state index < -0.39 is 0 Å². The maximum atomic E-state index is 12.5. The first-order valence-corrected chi connectivity index (χ1v) is 7.78. The van der Waals surface area contributed by atoms with Crippen LogP contribution < -0.4 is 10.1 Å². The zero-order valence-electron chi connectivity index (χ0n) is 13.5. The summed E-state index contributed by atoms with van der Waals surface area (Å²) in [7, 11) is 0. The van der Waals surface area contributed by atoms with Gasteiger partial charge in [-0.25, -0.2) is 0 Å². The summed E-state index contributed by atoms with van der Waals surface area (Å²) in [6.07, 6.45) is 1.83. The van der Waals surface area contributed by atoms with Crippen molar-refractivity contribution in [2.75, 3.05) is 11.9 Å². The van der Waals surface area contributed by atoms with Crippen LogP contribution in [0.15, 0.2) is 42.5 Å². The van der Waals surface area contributed by atoms with Crippen LogP contribution in [0, 0.1) is 6.92 Å². The highest BCUT2D eigenvalue weighted by Crippen LogP contribution is 2.22. The molecule has 0 aliphatic heterocycles. The number of hydrogen-bond acceptors (Lipinski definition) is 2. The molecule has 116 valence electrons. The minimum Gasteiger partial charge on any atom is -0.494 e. The predicted molar refractivity (Wildman–Crippen MR) is 90.7 cm³/mol. The Labute approximate surface area is 132 Å². The number of hydrogen-bond donors (Lipinski definition) is 1. The number of carbonyl (C=O) groups excluding carboxylic acids is 1. The Kier molecular flexibility index (Phi) is 5.59. The van der Waals surface area contributed by atoms with E-state index in [-0.39, 0.29) is 5.91 Å².